The molecule has 7 atom stereocenters. The maximum Gasteiger partial charge on any atom is 0.404 e. The summed E-state index contributed by atoms with van der Waals surface area (Å²) in [4.78, 5) is 107. The van der Waals surface area contributed by atoms with Crippen molar-refractivity contribution in [3.05, 3.63) is 63.2 Å². The van der Waals surface area contributed by atoms with Crippen LogP contribution in [0.1, 0.15) is 45.9 Å². The predicted octanol–water partition coefficient (Wildman–Crippen LogP) is -0.917. The van der Waals surface area contributed by atoms with Crippen molar-refractivity contribution in [1.82, 2.24) is 41.2 Å². The number of phenols is 2. The molecule has 2 aromatic heterocycles. The van der Waals surface area contributed by atoms with E-state index in [4.69, 9.17) is 26.7 Å². The minimum atomic E-state index is -1.46. The zero-order valence-corrected chi connectivity index (χ0v) is 39.5. The maximum atomic E-state index is 12.9. The number of carboxylic acid groups (broad SMARTS) is 2. The first-order chi connectivity index (χ1) is 33.8. The highest BCUT2D eigenvalue weighted by Gasteiger charge is 2.71. The van der Waals surface area contributed by atoms with E-state index in [2.05, 4.69) is 51.5 Å². The molecule has 3 aliphatic heterocycles. The molecule has 27 nitrogen and oxygen atoms in total. The number of aliphatic imine (C=N–C) groups is 1. The Morgan fingerprint density at radius 1 is 1.06 bits per heavy atom. The number of amides is 4. The van der Waals surface area contributed by atoms with E-state index < -0.39 is 77.6 Å². The number of carbonyl (C=O) groups excluding carboxylic acids is 4. The molecular formula is C42H50N14O13S2. The lowest BCUT2D eigenvalue weighted by molar-refractivity contribution is -0.141. The molecule has 3 aliphatic rings. The van der Waals surface area contributed by atoms with Crippen molar-refractivity contribution in [3.63, 3.8) is 0 Å². The molecule has 7 rings (SSSR count). The number of aliphatic carboxylic acids is 2. The number of hydrogen-bond donors (Lipinski definition) is 13. The number of aromatic nitrogens is 4. The second-order valence-electron chi connectivity index (χ2n) is 16.4. The summed E-state index contributed by atoms with van der Waals surface area (Å²) in [5, 5.41) is 56.0. The smallest absolute Gasteiger partial charge is 0.404 e. The molecule has 0 aliphatic carbocycles. The van der Waals surface area contributed by atoms with Gasteiger partial charge in [-0.25, -0.2) is 24.4 Å². The molecule has 2 aromatic carbocycles. The second kappa shape index (κ2) is 21.7. The number of H-pyrrole nitrogens is 1. The van der Waals surface area contributed by atoms with E-state index in [-0.39, 0.29) is 101 Å². The summed E-state index contributed by atoms with van der Waals surface area (Å²) in [6, 6.07) is 1.72. The number of anilines is 3. The average Bonchev–Trinajstić information content (AvgIpc) is 3.95. The highest BCUT2D eigenvalue weighted by molar-refractivity contribution is 8.76. The molecule has 16 N–H and O–H groups in total. The number of piperazine rings is 1. The number of nitrogens with two attached hydrogens (primary N) is 3. The van der Waals surface area contributed by atoms with Gasteiger partial charge in [0.15, 0.2) is 16.9 Å². The molecular weight excluding hydrogens is 973 g/mol. The first kappa shape index (κ1) is 51.4. The zero-order chi connectivity index (χ0) is 51.3. The Hall–Kier alpha value is -7.47. The quantitative estimate of drug-likeness (QED) is 0.0140. The highest BCUT2D eigenvalue weighted by atomic mass is 33.1. The van der Waals surface area contributed by atoms with Gasteiger partial charge >= 0.3 is 18.0 Å². The summed E-state index contributed by atoms with van der Waals surface area (Å²) >= 11 is 0. The third kappa shape index (κ3) is 11.1. The number of aromatic hydroxyl groups is 2. The molecule has 0 saturated carbocycles. The molecule has 2 fully saturated rings. The lowest BCUT2D eigenvalue weighted by atomic mass is 9.88. The van der Waals surface area contributed by atoms with Crippen molar-refractivity contribution in [2.45, 2.75) is 68.2 Å². The largest absolute Gasteiger partial charge is 0.505 e. The fourth-order valence-electron chi connectivity index (χ4n) is 8.41. The van der Waals surface area contributed by atoms with Gasteiger partial charge in [0.05, 0.1) is 36.1 Å². The monoisotopic (exact) mass is 1020 g/mol. The van der Waals surface area contributed by atoms with Crippen molar-refractivity contribution >= 4 is 97.7 Å². The third-order valence-corrected chi connectivity index (χ3v) is 14.2. The molecule has 0 spiro atoms. The summed E-state index contributed by atoms with van der Waals surface area (Å²) in [6.07, 6.45) is 1.17. The van der Waals surface area contributed by atoms with Crippen LogP contribution in [0, 0.1) is 6.92 Å². The number of hydrogen-bond acceptors (Lipinski definition) is 22. The fourth-order valence-corrected chi connectivity index (χ4v) is 10.3. The molecule has 0 radical (unpaired) electrons. The number of aromatic amines is 1. The van der Waals surface area contributed by atoms with Gasteiger partial charge in [0.1, 0.15) is 41.9 Å². The van der Waals surface area contributed by atoms with Crippen LogP contribution in [-0.4, -0.2) is 157 Å². The summed E-state index contributed by atoms with van der Waals surface area (Å²) in [5.41, 5.74) is 17.3. The number of ether oxygens (including phenoxy) is 2. The highest BCUT2D eigenvalue weighted by Crippen LogP contribution is 2.64. The zero-order valence-electron chi connectivity index (χ0n) is 37.8. The van der Waals surface area contributed by atoms with Gasteiger partial charge in [0, 0.05) is 72.8 Å². The summed E-state index contributed by atoms with van der Waals surface area (Å²) in [5.74, 6) is -6.14. The number of benzene rings is 2. The summed E-state index contributed by atoms with van der Waals surface area (Å²) in [7, 11) is 3.77. The summed E-state index contributed by atoms with van der Waals surface area (Å²) < 4.78 is 11.2. The molecule has 378 valence electrons. The minimum absolute atomic E-state index is 0.0114. The average molecular weight is 1020 g/mol. The van der Waals surface area contributed by atoms with Crippen molar-refractivity contribution in [2.24, 2.45) is 16.5 Å². The van der Waals surface area contributed by atoms with E-state index in [9.17, 15) is 54.0 Å². The standard InChI is InChI=1S/C42H50N14O13S2/c1-17-28(32(59)27-21(15-69-41(45)67)42(68-2)33-24(51-33)14-56(42)30(27)31(17)58)46-9-10-70-71-16-25(39(65)66)53-36(61)22(43)13-48-26(57)8-7-23(38(63)64)52-35(60)18-3-5-19(6-4-18)47-11-20-12-49-34-29(50-20)37(62)55-40(44)54-34/h3-6,9,12,21-25,33,47,51,58-59H,7-8,10-11,13-16,43H2,1-2H3,(H2,45,67)(H,48,57)(H,52,60)(H,53,61)(H,63,64)(H,65,66)(H3,44,49,54,55,62). The second-order valence-corrected chi connectivity index (χ2v) is 19.0. The van der Waals surface area contributed by atoms with Crippen LogP contribution in [0.15, 0.2) is 40.2 Å². The number of phenolic OH excluding ortho intramolecular Hbond substituents is 2. The molecule has 5 heterocycles. The number of methoxy groups -OCH3 is 1. The van der Waals surface area contributed by atoms with Crippen molar-refractivity contribution in [2.75, 3.05) is 54.3 Å². The van der Waals surface area contributed by atoms with Gasteiger partial charge in [-0.15, -0.1) is 0 Å². The van der Waals surface area contributed by atoms with Crippen LogP contribution in [0.5, 0.6) is 11.5 Å². The predicted molar refractivity (Wildman–Crippen MR) is 258 cm³/mol. The van der Waals surface area contributed by atoms with Gasteiger partial charge in [-0.05, 0) is 37.6 Å². The van der Waals surface area contributed by atoms with Crippen molar-refractivity contribution in [1.29, 1.82) is 0 Å². The molecule has 71 heavy (non-hydrogen) atoms. The lowest BCUT2D eigenvalue weighted by Crippen LogP contribution is -2.54. The van der Waals surface area contributed by atoms with Crippen LogP contribution < -0.4 is 54.2 Å². The molecule has 4 aromatic rings. The van der Waals surface area contributed by atoms with Gasteiger partial charge in [0.2, 0.25) is 17.8 Å². The van der Waals surface area contributed by atoms with E-state index in [1.165, 1.54) is 42.4 Å². The van der Waals surface area contributed by atoms with Crippen molar-refractivity contribution < 1.29 is 58.7 Å². The Bertz CT molecular complexity index is 2840. The molecule has 0 bridgehead atoms. The Morgan fingerprint density at radius 2 is 1.79 bits per heavy atom. The van der Waals surface area contributed by atoms with Crippen LogP contribution in [0.4, 0.5) is 27.8 Å². The lowest BCUT2D eigenvalue weighted by Gasteiger charge is -2.38. The normalized spacial score (nSPS) is 19.8. The topological polar surface area (TPSA) is 437 Å². The number of rotatable bonds is 23. The number of carbonyl (C=O) groups is 6. The third-order valence-electron chi connectivity index (χ3n) is 12.0. The first-order valence-electron chi connectivity index (χ1n) is 21.6. The number of nitrogens with one attached hydrogen (secondary N) is 6. The van der Waals surface area contributed by atoms with Crippen molar-refractivity contribution in [3.8, 4) is 11.5 Å². The van der Waals surface area contributed by atoms with E-state index in [1.807, 2.05) is 4.90 Å². The minimum Gasteiger partial charge on any atom is -0.505 e. The van der Waals surface area contributed by atoms with Gasteiger partial charge < -0.3 is 78.6 Å². The van der Waals surface area contributed by atoms with Gasteiger partial charge in [-0.1, -0.05) is 21.6 Å². The van der Waals surface area contributed by atoms with Crippen LogP contribution in [0.2, 0.25) is 0 Å². The molecule has 29 heteroatoms. The Labute approximate surface area is 409 Å². The summed E-state index contributed by atoms with van der Waals surface area (Å²) in [6.45, 7) is 1.57. The SMILES string of the molecule is COC12C(COC(N)=O)c3c(O)c(N=CCSSCC(NC(=O)C(N)CNC(=O)CCC(NC(=O)c4ccc(NCc5cnc6nc(N)[nH]c(=O)c6n5)cc4)C(=O)O)C(=O)O)c(C)c(O)c3N1CC1NC12. The van der Waals surface area contributed by atoms with Gasteiger partial charge in [0.25, 0.3) is 11.5 Å². The number of nitrogen functional groups attached to an aromatic ring is 1. The molecule has 7 unspecified atom stereocenters. The van der Waals surface area contributed by atoms with E-state index in [0.717, 1.165) is 10.8 Å². The van der Waals surface area contributed by atoms with Crippen LogP contribution >= 0.6 is 21.6 Å². The van der Waals surface area contributed by atoms with Crippen LogP contribution in [-0.2, 0) is 35.2 Å². The number of fused-ring (bicyclic) bond motifs is 6. The van der Waals surface area contributed by atoms with Crippen LogP contribution in [0.3, 0.4) is 0 Å². The first-order valence-corrected chi connectivity index (χ1v) is 24.1. The van der Waals surface area contributed by atoms with E-state index in [0.29, 0.717) is 23.6 Å². The molecule has 2 saturated heterocycles. The van der Waals surface area contributed by atoms with Gasteiger partial charge in [-0.2, -0.15) is 4.98 Å². The Balaban J connectivity index is 0.830. The number of primary amides is 1. The van der Waals surface area contributed by atoms with Crippen LogP contribution in [0.25, 0.3) is 11.2 Å². The van der Waals surface area contributed by atoms with E-state index >= 15 is 0 Å². The maximum absolute atomic E-state index is 12.9. The number of carboxylic acids is 2. The fraction of sp³-hybridized carbons (Fsp3) is 0.405. The Morgan fingerprint density at radius 3 is 2.48 bits per heavy atom. The number of nitrogens with zero attached hydrogens (tertiary/aromatic N) is 5. The van der Waals surface area contributed by atoms with Gasteiger partial charge in [-0.3, -0.25) is 29.2 Å². The molecule has 4 amide bonds. The Kier molecular flexibility index (Phi) is 15.7. The van der Waals surface area contributed by atoms with E-state index in [1.54, 1.807) is 19.1 Å².